The number of methoxy groups -OCH3 is 2. The van der Waals surface area contributed by atoms with Crippen molar-refractivity contribution in [2.45, 2.75) is 6.54 Å². The molecular weight excluding hydrogens is 276 g/mol. The lowest BCUT2D eigenvalue weighted by atomic mass is 10.1. The third-order valence-electron chi connectivity index (χ3n) is 3.57. The van der Waals surface area contributed by atoms with Gasteiger partial charge in [0.1, 0.15) is 0 Å². The van der Waals surface area contributed by atoms with Crippen LogP contribution in [0.1, 0.15) is 5.56 Å². The van der Waals surface area contributed by atoms with Gasteiger partial charge in [0.05, 0.1) is 19.7 Å². The Kier molecular flexibility index (Phi) is 4.10. The number of hydrogen-bond acceptors (Lipinski definition) is 4. The molecule has 112 valence electrons. The molecule has 3 rings (SSSR count). The van der Waals surface area contributed by atoms with E-state index >= 15 is 0 Å². The highest BCUT2D eigenvalue weighted by molar-refractivity contribution is 5.93. The van der Waals surface area contributed by atoms with Crippen LogP contribution in [0.4, 0.5) is 5.69 Å². The van der Waals surface area contributed by atoms with Gasteiger partial charge in [0.15, 0.2) is 11.5 Å². The smallest absolute Gasteiger partial charge is 0.162 e. The number of hydrogen-bond donors (Lipinski definition) is 1. The van der Waals surface area contributed by atoms with Crippen molar-refractivity contribution in [3.8, 4) is 11.5 Å². The Balaban J connectivity index is 1.95. The summed E-state index contributed by atoms with van der Waals surface area (Å²) in [6, 6.07) is 16.1. The molecular formula is C18H18N2O2. The summed E-state index contributed by atoms with van der Waals surface area (Å²) in [5.74, 6) is 1.38. The fourth-order valence-corrected chi connectivity index (χ4v) is 2.42. The molecule has 1 aromatic heterocycles. The molecule has 4 nitrogen and oxygen atoms in total. The first-order chi connectivity index (χ1) is 10.8. The minimum Gasteiger partial charge on any atom is -0.493 e. The molecule has 0 aliphatic carbocycles. The predicted molar refractivity (Wildman–Crippen MR) is 88.6 cm³/mol. The second-order valence-corrected chi connectivity index (χ2v) is 4.92. The average molecular weight is 294 g/mol. The van der Waals surface area contributed by atoms with E-state index in [-0.39, 0.29) is 0 Å². The molecule has 0 aliphatic heterocycles. The summed E-state index contributed by atoms with van der Waals surface area (Å²) in [6.07, 6.45) is 1.79. The number of fused-ring (bicyclic) bond motifs is 1. The topological polar surface area (TPSA) is 43.4 Å². The van der Waals surface area contributed by atoms with Crippen LogP contribution in [0.2, 0.25) is 0 Å². The maximum atomic E-state index is 5.38. The SMILES string of the molecule is COc1cc2nccc(NCc3ccccc3)c2cc1OC. The van der Waals surface area contributed by atoms with Gasteiger partial charge in [-0.1, -0.05) is 30.3 Å². The summed E-state index contributed by atoms with van der Waals surface area (Å²) in [6.45, 7) is 0.758. The first-order valence-electron chi connectivity index (χ1n) is 7.10. The number of rotatable bonds is 5. The van der Waals surface area contributed by atoms with Crippen LogP contribution in [0.3, 0.4) is 0 Å². The summed E-state index contributed by atoms with van der Waals surface area (Å²) in [5, 5.41) is 4.47. The first kappa shape index (κ1) is 14.2. The lowest BCUT2D eigenvalue weighted by molar-refractivity contribution is 0.356. The van der Waals surface area contributed by atoms with Crippen molar-refractivity contribution in [1.29, 1.82) is 0 Å². The molecule has 0 saturated carbocycles. The van der Waals surface area contributed by atoms with Crippen LogP contribution in [0.25, 0.3) is 10.9 Å². The zero-order valence-electron chi connectivity index (χ0n) is 12.7. The molecule has 0 amide bonds. The highest BCUT2D eigenvalue weighted by Gasteiger charge is 2.09. The molecule has 0 saturated heterocycles. The van der Waals surface area contributed by atoms with Crippen molar-refractivity contribution >= 4 is 16.6 Å². The van der Waals surface area contributed by atoms with Crippen molar-refractivity contribution in [2.24, 2.45) is 0 Å². The van der Waals surface area contributed by atoms with Crippen molar-refractivity contribution in [2.75, 3.05) is 19.5 Å². The lowest BCUT2D eigenvalue weighted by Crippen LogP contribution is -2.00. The molecule has 0 radical (unpaired) electrons. The van der Waals surface area contributed by atoms with E-state index < -0.39 is 0 Å². The summed E-state index contributed by atoms with van der Waals surface area (Å²) in [7, 11) is 3.26. The van der Waals surface area contributed by atoms with Crippen molar-refractivity contribution in [1.82, 2.24) is 4.98 Å². The number of nitrogens with one attached hydrogen (secondary N) is 1. The van der Waals surface area contributed by atoms with Gasteiger partial charge in [0, 0.05) is 29.9 Å². The largest absolute Gasteiger partial charge is 0.493 e. The summed E-state index contributed by atoms with van der Waals surface area (Å²) in [5.41, 5.74) is 3.12. The highest BCUT2D eigenvalue weighted by atomic mass is 16.5. The number of anilines is 1. The van der Waals surface area contributed by atoms with Crippen LogP contribution >= 0.6 is 0 Å². The molecule has 0 spiro atoms. The Morgan fingerprint density at radius 3 is 2.41 bits per heavy atom. The number of aromatic nitrogens is 1. The molecule has 0 bridgehead atoms. The maximum Gasteiger partial charge on any atom is 0.162 e. The van der Waals surface area contributed by atoms with Gasteiger partial charge in [0.25, 0.3) is 0 Å². The molecule has 0 fully saturated rings. The average Bonchev–Trinajstić information content (AvgIpc) is 2.59. The van der Waals surface area contributed by atoms with E-state index in [1.54, 1.807) is 20.4 Å². The van der Waals surface area contributed by atoms with Gasteiger partial charge in [0.2, 0.25) is 0 Å². The Morgan fingerprint density at radius 2 is 1.68 bits per heavy atom. The van der Waals surface area contributed by atoms with Crippen LogP contribution in [0.5, 0.6) is 11.5 Å². The molecule has 0 aliphatic rings. The summed E-state index contributed by atoms with van der Waals surface area (Å²) >= 11 is 0. The monoisotopic (exact) mass is 294 g/mol. The third kappa shape index (κ3) is 2.81. The number of ether oxygens (including phenoxy) is 2. The van der Waals surface area contributed by atoms with E-state index in [0.717, 1.165) is 23.1 Å². The Hall–Kier alpha value is -2.75. The molecule has 1 heterocycles. The molecule has 3 aromatic rings. The highest BCUT2D eigenvalue weighted by Crippen LogP contribution is 2.34. The van der Waals surface area contributed by atoms with Gasteiger partial charge in [-0.3, -0.25) is 4.98 Å². The normalized spacial score (nSPS) is 10.5. The lowest BCUT2D eigenvalue weighted by Gasteiger charge is -2.13. The maximum absolute atomic E-state index is 5.38. The van der Waals surface area contributed by atoms with Crippen LogP contribution < -0.4 is 14.8 Å². The van der Waals surface area contributed by atoms with E-state index in [1.165, 1.54) is 5.56 Å². The number of benzene rings is 2. The predicted octanol–water partition coefficient (Wildman–Crippen LogP) is 3.86. The van der Waals surface area contributed by atoms with Gasteiger partial charge >= 0.3 is 0 Å². The fraction of sp³-hybridized carbons (Fsp3) is 0.167. The third-order valence-corrected chi connectivity index (χ3v) is 3.57. The van der Waals surface area contributed by atoms with Crippen LogP contribution in [0, 0.1) is 0 Å². The quantitative estimate of drug-likeness (QED) is 0.776. The second-order valence-electron chi connectivity index (χ2n) is 4.92. The van der Waals surface area contributed by atoms with E-state index in [0.29, 0.717) is 11.5 Å². The fourth-order valence-electron chi connectivity index (χ4n) is 2.42. The van der Waals surface area contributed by atoms with E-state index in [9.17, 15) is 0 Å². The van der Waals surface area contributed by atoms with Crippen molar-refractivity contribution in [3.63, 3.8) is 0 Å². The Bertz CT molecular complexity index is 773. The van der Waals surface area contributed by atoms with E-state index in [2.05, 4.69) is 22.4 Å². The first-order valence-corrected chi connectivity index (χ1v) is 7.10. The van der Waals surface area contributed by atoms with Crippen molar-refractivity contribution in [3.05, 3.63) is 60.3 Å². The van der Waals surface area contributed by atoms with E-state index in [1.807, 2.05) is 36.4 Å². The molecule has 1 N–H and O–H groups in total. The Labute approximate surface area is 129 Å². The summed E-state index contributed by atoms with van der Waals surface area (Å²) < 4.78 is 10.7. The standard InChI is InChI=1S/C18H18N2O2/c1-21-17-10-14-15(20-12-13-6-4-3-5-7-13)8-9-19-16(14)11-18(17)22-2/h3-11H,12H2,1-2H3,(H,19,20). The minimum atomic E-state index is 0.683. The molecule has 22 heavy (non-hydrogen) atoms. The summed E-state index contributed by atoms with van der Waals surface area (Å²) in [4.78, 5) is 4.41. The molecule has 4 heteroatoms. The zero-order chi connectivity index (χ0) is 15.4. The van der Waals surface area contributed by atoms with Gasteiger partial charge in [-0.2, -0.15) is 0 Å². The van der Waals surface area contributed by atoms with Gasteiger partial charge in [-0.25, -0.2) is 0 Å². The second kappa shape index (κ2) is 6.35. The molecule has 2 aromatic carbocycles. The van der Waals surface area contributed by atoms with E-state index in [4.69, 9.17) is 9.47 Å². The minimum absolute atomic E-state index is 0.683. The molecule has 0 atom stereocenters. The van der Waals surface area contributed by atoms with Gasteiger partial charge < -0.3 is 14.8 Å². The van der Waals surface area contributed by atoms with Crippen LogP contribution in [0.15, 0.2) is 54.7 Å². The molecule has 0 unspecified atom stereocenters. The Morgan fingerprint density at radius 1 is 0.955 bits per heavy atom. The van der Waals surface area contributed by atoms with Gasteiger partial charge in [-0.05, 0) is 17.7 Å². The van der Waals surface area contributed by atoms with Crippen LogP contribution in [-0.2, 0) is 6.54 Å². The number of pyridine rings is 1. The zero-order valence-corrected chi connectivity index (χ0v) is 12.7. The van der Waals surface area contributed by atoms with Crippen LogP contribution in [-0.4, -0.2) is 19.2 Å². The van der Waals surface area contributed by atoms with Crippen molar-refractivity contribution < 1.29 is 9.47 Å². The number of nitrogens with zero attached hydrogens (tertiary/aromatic N) is 1. The van der Waals surface area contributed by atoms with Gasteiger partial charge in [-0.15, -0.1) is 0 Å².